The molecule has 1 aromatic carbocycles. The van der Waals surface area contributed by atoms with E-state index in [-0.39, 0.29) is 17.8 Å². The van der Waals surface area contributed by atoms with Gasteiger partial charge in [-0.05, 0) is 25.5 Å². The van der Waals surface area contributed by atoms with Crippen LogP contribution in [0.3, 0.4) is 0 Å². The molecule has 4 nitrogen and oxygen atoms in total. The van der Waals surface area contributed by atoms with Gasteiger partial charge >= 0.3 is 0 Å². The Balaban J connectivity index is 1.78. The molecule has 0 unspecified atom stereocenters. The van der Waals surface area contributed by atoms with Crippen LogP contribution in [0.1, 0.15) is 26.7 Å². The van der Waals surface area contributed by atoms with Crippen LogP contribution in [0, 0.1) is 5.82 Å². The van der Waals surface area contributed by atoms with Crippen LogP contribution in [0.25, 0.3) is 0 Å². The van der Waals surface area contributed by atoms with Crippen LogP contribution < -0.4 is 10.2 Å². The number of carbonyl (C=O) groups excluding carboxylic acids is 1. The highest BCUT2D eigenvalue weighted by molar-refractivity contribution is 5.78. The Morgan fingerprint density at radius 2 is 1.95 bits per heavy atom. The SMILES string of the molecule is CCC[C@@H](C)NC(=O)CN1CCN(c2ccccc2F)CC1. The van der Waals surface area contributed by atoms with Crippen LogP contribution in [0.2, 0.25) is 0 Å². The van der Waals surface area contributed by atoms with Crippen molar-refractivity contribution in [2.24, 2.45) is 0 Å². The molecule has 1 atom stereocenters. The molecule has 1 N–H and O–H groups in total. The second kappa shape index (κ2) is 8.13. The van der Waals surface area contributed by atoms with Crippen molar-refractivity contribution in [3.05, 3.63) is 30.1 Å². The minimum atomic E-state index is -0.179. The number of amides is 1. The molecule has 1 amide bonds. The lowest BCUT2D eigenvalue weighted by atomic mass is 10.2. The summed E-state index contributed by atoms with van der Waals surface area (Å²) in [4.78, 5) is 16.2. The van der Waals surface area contributed by atoms with Gasteiger partial charge in [0.2, 0.25) is 5.91 Å². The van der Waals surface area contributed by atoms with Crippen molar-refractivity contribution >= 4 is 11.6 Å². The zero-order valence-electron chi connectivity index (χ0n) is 13.5. The van der Waals surface area contributed by atoms with Gasteiger partial charge in [-0.25, -0.2) is 4.39 Å². The summed E-state index contributed by atoms with van der Waals surface area (Å²) in [5, 5.41) is 3.03. The normalized spacial score (nSPS) is 17.3. The van der Waals surface area contributed by atoms with E-state index in [0.29, 0.717) is 12.2 Å². The molecule has 5 heteroatoms. The fourth-order valence-electron chi connectivity index (χ4n) is 2.88. The highest BCUT2D eigenvalue weighted by Crippen LogP contribution is 2.19. The Kier molecular flexibility index (Phi) is 6.19. The molecule has 1 aromatic rings. The minimum Gasteiger partial charge on any atom is -0.367 e. The maximum atomic E-state index is 13.8. The molecule has 0 aliphatic carbocycles. The number of benzene rings is 1. The number of halogens is 1. The molecule has 122 valence electrons. The van der Waals surface area contributed by atoms with Gasteiger partial charge in [-0.3, -0.25) is 9.69 Å². The first kappa shape index (κ1) is 16.7. The van der Waals surface area contributed by atoms with E-state index in [1.54, 1.807) is 6.07 Å². The fraction of sp³-hybridized carbons (Fsp3) is 0.588. The molecule has 1 saturated heterocycles. The summed E-state index contributed by atoms with van der Waals surface area (Å²) < 4.78 is 13.8. The van der Waals surface area contributed by atoms with Gasteiger partial charge in [-0.1, -0.05) is 25.5 Å². The molecule has 0 aromatic heterocycles. The van der Waals surface area contributed by atoms with Gasteiger partial charge in [0.15, 0.2) is 0 Å². The van der Waals surface area contributed by atoms with Gasteiger partial charge in [0, 0.05) is 32.2 Å². The molecule has 1 heterocycles. The summed E-state index contributed by atoms with van der Waals surface area (Å²) in [6, 6.07) is 7.09. The first-order valence-corrected chi connectivity index (χ1v) is 8.11. The first-order chi connectivity index (χ1) is 10.6. The molecular weight excluding hydrogens is 281 g/mol. The predicted octanol–water partition coefficient (Wildman–Crippen LogP) is 2.25. The van der Waals surface area contributed by atoms with Gasteiger partial charge in [0.05, 0.1) is 12.2 Å². The molecule has 2 rings (SSSR count). The monoisotopic (exact) mass is 307 g/mol. The molecule has 0 spiro atoms. The number of nitrogens with one attached hydrogen (secondary N) is 1. The van der Waals surface area contributed by atoms with Crippen molar-refractivity contribution in [3.63, 3.8) is 0 Å². The van der Waals surface area contributed by atoms with E-state index in [0.717, 1.165) is 39.0 Å². The lowest BCUT2D eigenvalue weighted by Crippen LogP contribution is -2.50. The van der Waals surface area contributed by atoms with E-state index in [1.165, 1.54) is 6.07 Å². The lowest BCUT2D eigenvalue weighted by molar-refractivity contribution is -0.123. The number of hydrogen-bond acceptors (Lipinski definition) is 3. The topological polar surface area (TPSA) is 35.6 Å². The Hall–Kier alpha value is -1.62. The van der Waals surface area contributed by atoms with Gasteiger partial charge in [-0.15, -0.1) is 0 Å². The third-order valence-corrected chi connectivity index (χ3v) is 4.06. The maximum Gasteiger partial charge on any atom is 0.234 e. The van der Waals surface area contributed by atoms with Gasteiger partial charge < -0.3 is 10.2 Å². The number of piperazine rings is 1. The van der Waals surface area contributed by atoms with Crippen LogP contribution in [0.5, 0.6) is 0 Å². The Morgan fingerprint density at radius 1 is 1.27 bits per heavy atom. The summed E-state index contributed by atoms with van der Waals surface area (Å²) in [5.74, 6) is -0.0950. The second-order valence-corrected chi connectivity index (χ2v) is 5.97. The largest absolute Gasteiger partial charge is 0.367 e. The van der Waals surface area contributed by atoms with Gasteiger partial charge in [0.1, 0.15) is 5.82 Å². The van der Waals surface area contributed by atoms with Crippen molar-refractivity contribution in [1.29, 1.82) is 0 Å². The van der Waals surface area contributed by atoms with Crippen LogP contribution in [0.4, 0.5) is 10.1 Å². The molecular formula is C17H26FN3O. The van der Waals surface area contributed by atoms with Crippen LogP contribution in [0.15, 0.2) is 24.3 Å². The summed E-state index contributed by atoms with van der Waals surface area (Å²) >= 11 is 0. The Bertz CT molecular complexity index is 487. The molecule has 1 fully saturated rings. The number of para-hydroxylation sites is 1. The molecule has 0 saturated carbocycles. The highest BCUT2D eigenvalue weighted by Gasteiger charge is 2.21. The predicted molar refractivity (Wildman–Crippen MR) is 87.6 cm³/mol. The minimum absolute atomic E-state index is 0.0836. The summed E-state index contributed by atoms with van der Waals surface area (Å²) in [6.07, 6.45) is 2.08. The highest BCUT2D eigenvalue weighted by atomic mass is 19.1. The smallest absolute Gasteiger partial charge is 0.234 e. The number of hydrogen-bond donors (Lipinski definition) is 1. The third kappa shape index (κ3) is 4.70. The van der Waals surface area contributed by atoms with E-state index < -0.39 is 0 Å². The van der Waals surface area contributed by atoms with Crippen molar-refractivity contribution in [2.45, 2.75) is 32.7 Å². The van der Waals surface area contributed by atoms with Crippen molar-refractivity contribution < 1.29 is 9.18 Å². The molecule has 1 aliphatic rings. The van der Waals surface area contributed by atoms with E-state index in [2.05, 4.69) is 17.1 Å². The van der Waals surface area contributed by atoms with E-state index in [9.17, 15) is 9.18 Å². The standard InChI is InChI=1S/C17H26FN3O/c1-3-6-14(2)19-17(22)13-20-9-11-21(12-10-20)16-8-5-4-7-15(16)18/h4-5,7-8,14H,3,6,9-13H2,1-2H3,(H,19,22)/t14-/m1/s1. The number of rotatable bonds is 6. The fourth-order valence-corrected chi connectivity index (χ4v) is 2.88. The second-order valence-electron chi connectivity index (χ2n) is 5.97. The molecule has 1 aliphatic heterocycles. The number of anilines is 1. The summed E-state index contributed by atoms with van der Waals surface area (Å²) in [6.45, 7) is 7.65. The quantitative estimate of drug-likeness (QED) is 0.875. The summed E-state index contributed by atoms with van der Waals surface area (Å²) in [5.41, 5.74) is 0.656. The summed E-state index contributed by atoms with van der Waals surface area (Å²) in [7, 11) is 0. The number of carbonyl (C=O) groups is 1. The van der Waals surface area contributed by atoms with Gasteiger partial charge in [-0.2, -0.15) is 0 Å². The average molecular weight is 307 g/mol. The Labute approximate surface area is 132 Å². The Morgan fingerprint density at radius 3 is 2.59 bits per heavy atom. The van der Waals surface area contributed by atoms with Crippen LogP contribution in [-0.4, -0.2) is 49.6 Å². The molecule has 22 heavy (non-hydrogen) atoms. The third-order valence-electron chi connectivity index (χ3n) is 4.06. The van der Waals surface area contributed by atoms with E-state index in [1.807, 2.05) is 24.0 Å². The first-order valence-electron chi connectivity index (χ1n) is 8.11. The van der Waals surface area contributed by atoms with Crippen molar-refractivity contribution in [1.82, 2.24) is 10.2 Å². The number of nitrogens with zero attached hydrogens (tertiary/aromatic N) is 2. The maximum absolute atomic E-state index is 13.8. The van der Waals surface area contributed by atoms with Crippen molar-refractivity contribution in [2.75, 3.05) is 37.6 Å². The van der Waals surface area contributed by atoms with E-state index >= 15 is 0 Å². The lowest BCUT2D eigenvalue weighted by Gasteiger charge is -2.36. The zero-order chi connectivity index (χ0) is 15.9. The molecule has 0 bridgehead atoms. The van der Waals surface area contributed by atoms with Gasteiger partial charge in [0.25, 0.3) is 0 Å². The van der Waals surface area contributed by atoms with Crippen LogP contribution in [-0.2, 0) is 4.79 Å². The zero-order valence-corrected chi connectivity index (χ0v) is 13.5. The van der Waals surface area contributed by atoms with E-state index in [4.69, 9.17) is 0 Å². The molecule has 0 radical (unpaired) electrons. The van der Waals surface area contributed by atoms with Crippen molar-refractivity contribution in [3.8, 4) is 0 Å². The van der Waals surface area contributed by atoms with Crippen LogP contribution >= 0.6 is 0 Å². The average Bonchev–Trinajstić information content (AvgIpc) is 2.49.